The maximum Gasteiger partial charge on any atom is 0.379 e. The van der Waals surface area contributed by atoms with Gasteiger partial charge in [-0.05, 0) is 65.9 Å². The summed E-state index contributed by atoms with van der Waals surface area (Å²) in [5, 5.41) is 8.64. The van der Waals surface area contributed by atoms with Crippen LogP contribution in [0.25, 0.3) is 22.8 Å². The predicted octanol–water partition coefficient (Wildman–Crippen LogP) is 6.27. The van der Waals surface area contributed by atoms with E-state index in [-0.39, 0.29) is 19.0 Å². The summed E-state index contributed by atoms with van der Waals surface area (Å²) in [6.07, 6.45) is 20.6. The second-order valence-corrected chi connectivity index (χ2v) is 11.9. The van der Waals surface area contributed by atoms with Crippen LogP contribution in [0.15, 0.2) is 97.6 Å². The molecule has 270 valence electrons. The third kappa shape index (κ3) is 10.1. The Hall–Kier alpha value is -6.36. The largest absolute Gasteiger partial charge is 0.481 e. The zero-order chi connectivity index (χ0) is 37.6. The number of aliphatic carboxylic acids is 1. The number of nitrogens with zero attached hydrogens (tertiary/aromatic N) is 4. The molecule has 4 heterocycles. The topological polar surface area (TPSA) is 159 Å². The fourth-order valence-corrected chi connectivity index (χ4v) is 6.06. The molecule has 0 amide bonds. The van der Waals surface area contributed by atoms with Crippen LogP contribution < -0.4 is 0 Å². The first kappa shape index (κ1) is 37.9. The Morgan fingerprint density at radius 3 is 1.70 bits per heavy atom. The minimum atomic E-state index is -0.801. The van der Waals surface area contributed by atoms with Crippen molar-refractivity contribution in [1.82, 2.24) is 19.9 Å². The average Bonchev–Trinajstić information content (AvgIpc) is 3.99. The van der Waals surface area contributed by atoms with Crippen LogP contribution in [0.1, 0.15) is 71.7 Å². The number of ether oxygens (including phenoxy) is 2. The van der Waals surface area contributed by atoms with Gasteiger partial charge >= 0.3 is 17.9 Å². The third-order valence-electron chi connectivity index (χ3n) is 8.46. The lowest BCUT2D eigenvalue weighted by atomic mass is 10.1. The molecule has 0 bridgehead atoms. The van der Waals surface area contributed by atoms with E-state index in [1.807, 2.05) is 49.5 Å². The number of pyridine rings is 4. The maximum absolute atomic E-state index is 11.7. The standard InChI is InChI=1S/C12H11NO3.C12H13NO2.C10H9NO2.C8H7N/c1-2-16-12(15)11(14)9-5-6-10-8(9)4-3-7-13-10;1-2-15-12(14)8-9-5-6-11-10(9)4-3-7-13-11;12-10(13)6-7-3-4-9-8(7)2-1-5-11-9;1-3-7-4-2-6-9-8(7)5-1/h3-5,7H,2,6H2,1H3;3-5,7H,2,6,8H2,1H3;1-3,5H,4,6H2,(H,12,13);1-4,6H,5H2. The normalized spacial score (nSPS) is 13.4. The lowest BCUT2D eigenvalue weighted by Gasteiger charge is -2.04. The molecule has 4 aliphatic carbocycles. The Labute approximate surface area is 307 Å². The van der Waals surface area contributed by atoms with Crippen molar-refractivity contribution in [2.45, 2.75) is 52.4 Å². The fourth-order valence-electron chi connectivity index (χ4n) is 6.06. The van der Waals surface area contributed by atoms with Gasteiger partial charge in [0.1, 0.15) is 0 Å². The molecular weight excluding hydrogens is 672 g/mol. The Kier molecular flexibility index (Phi) is 13.4. The van der Waals surface area contributed by atoms with Gasteiger partial charge in [-0.3, -0.25) is 34.3 Å². The van der Waals surface area contributed by atoms with Gasteiger partial charge in [-0.1, -0.05) is 54.6 Å². The number of aromatic nitrogens is 4. The van der Waals surface area contributed by atoms with Crippen molar-refractivity contribution in [3.63, 3.8) is 0 Å². The number of ketones is 1. The summed E-state index contributed by atoms with van der Waals surface area (Å²) in [5.41, 5.74) is 10.5. The van der Waals surface area contributed by atoms with Gasteiger partial charge in [0.05, 0.1) is 48.8 Å². The highest BCUT2D eigenvalue weighted by Crippen LogP contribution is 2.29. The number of Topliss-reactive ketones (excluding diaryl/α,β-unsaturated/α-hetero) is 1. The molecule has 0 saturated carbocycles. The Balaban J connectivity index is 0.000000138. The average molecular weight is 713 g/mol. The molecule has 0 saturated heterocycles. The Morgan fingerprint density at radius 2 is 1.13 bits per heavy atom. The Morgan fingerprint density at radius 1 is 0.623 bits per heavy atom. The van der Waals surface area contributed by atoms with Crippen molar-refractivity contribution in [2.24, 2.45) is 0 Å². The molecule has 4 aromatic rings. The monoisotopic (exact) mass is 712 g/mol. The Bertz CT molecular complexity index is 2120. The van der Waals surface area contributed by atoms with Gasteiger partial charge in [0.15, 0.2) is 0 Å². The number of hydrogen-bond donors (Lipinski definition) is 1. The molecule has 4 aliphatic rings. The van der Waals surface area contributed by atoms with E-state index in [4.69, 9.17) is 9.84 Å². The van der Waals surface area contributed by atoms with E-state index in [0.29, 0.717) is 25.0 Å². The van der Waals surface area contributed by atoms with Gasteiger partial charge in [-0.15, -0.1) is 0 Å². The molecule has 0 aromatic carbocycles. The number of rotatable bonds is 8. The number of carboxylic acid groups (broad SMARTS) is 1. The molecule has 1 N–H and O–H groups in total. The molecule has 11 heteroatoms. The van der Waals surface area contributed by atoms with Crippen molar-refractivity contribution < 1.29 is 33.8 Å². The van der Waals surface area contributed by atoms with E-state index in [0.717, 1.165) is 64.2 Å². The highest BCUT2D eigenvalue weighted by molar-refractivity contribution is 6.52. The van der Waals surface area contributed by atoms with Crippen molar-refractivity contribution in [3.8, 4) is 0 Å². The molecule has 11 nitrogen and oxygen atoms in total. The van der Waals surface area contributed by atoms with Crippen molar-refractivity contribution in [3.05, 3.63) is 143 Å². The molecule has 0 aliphatic heterocycles. The van der Waals surface area contributed by atoms with Gasteiger partial charge in [-0.25, -0.2) is 4.79 Å². The first-order valence-electron chi connectivity index (χ1n) is 17.4. The van der Waals surface area contributed by atoms with Crippen LogP contribution in [0, 0.1) is 0 Å². The molecule has 0 spiro atoms. The SMILES string of the molecule is C1=Cc2cccnc2C1.CCOC(=O)C(=O)C1=CCc2ncccc21.CCOC(=O)CC1=CCc2ncccc21.O=C(O)CC1=CCc2ncccc21. The molecule has 0 unspecified atom stereocenters. The second-order valence-electron chi connectivity index (χ2n) is 11.9. The minimum absolute atomic E-state index is 0.0959. The number of allylic oxidation sites excluding steroid dienone is 4. The quantitative estimate of drug-likeness (QED) is 0.162. The van der Waals surface area contributed by atoms with Gasteiger partial charge in [-0.2, -0.15) is 0 Å². The smallest absolute Gasteiger partial charge is 0.379 e. The number of fused-ring (bicyclic) bond motifs is 4. The van der Waals surface area contributed by atoms with Gasteiger partial charge in [0.2, 0.25) is 0 Å². The van der Waals surface area contributed by atoms with E-state index < -0.39 is 17.7 Å². The zero-order valence-electron chi connectivity index (χ0n) is 29.7. The van der Waals surface area contributed by atoms with Gasteiger partial charge < -0.3 is 14.6 Å². The number of esters is 2. The van der Waals surface area contributed by atoms with Crippen LogP contribution in [0.4, 0.5) is 0 Å². The van der Waals surface area contributed by atoms with Crippen molar-refractivity contribution in [1.29, 1.82) is 0 Å². The van der Waals surface area contributed by atoms with Crippen LogP contribution in [0.3, 0.4) is 0 Å². The van der Waals surface area contributed by atoms with E-state index in [9.17, 15) is 19.2 Å². The lowest BCUT2D eigenvalue weighted by Crippen LogP contribution is -2.18. The third-order valence-corrected chi connectivity index (χ3v) is 8.46. The van der Waals surface area contributed by atoms with E-state index in [1.54, 1.807) is 43.7 Å². The molecule has 4 aromatic heterocycles. The summed E-state index contributed by atoms with van der Waals surface area (Å²) in [5.74, 6) is -2.34. The first-order valence-corrected chi connectivity index (χ1v) is 17.4. The summed E-state index contributed by atoms with van der Waals surface area (Å²) in [6, 6.07) is 15.2. The summed E-state index contributed by atoms with van der Waals surface area (Å²) in [4.78, 5) is 61.6. The second kappa shape index (κ2) is 18.8. The van der Waals surface area contributed by atoms with Crippen LogP contribution >= 0.6 is 0 Å². The van der Waals surface area contributed by atoms with Crippen LogP contribution in [-0.2, 0) is 54.3 Å². The van der Waals surface area contributed by atoms with E-state index in [1.165, 1.54) is 11.3 Å². The highest BCUT2D eigenvalue weighted by atomic mass is 16.5. The molecular formula is C42H40N4O7. The molecule has 53 heavy (non-hydrogen) atoms. The summed E-state index contributed by atoms with van der Waals surface area (Å²) < 4.78 is 9.60. The first-order chi connectivity index (χ1) is 25.8. The van der Waals surface area contributed by atoms with Crippen molar-refractivity contribution >= 4 is 46.5 Å². The zero-order valence-corrected chi connectivity index (χ0v) is 29.7. The molecule has 0 radical (unpaired) electrons. The summed E-state index contributed by atoms with van der Waals surface area (Å²) >= 11 is 0. The summed E-state index contributed by atoms with van der Waals surface area (Å²) in [7, 11) is 0. The minimum Gasteiger partial charge on any atom is -0.481 e. The molecule has 8 rings (SSSR count). The van der Waals surface area contributed by atoms with E-state index >= 15 is 0 Å². The van der Waals surface area contributed by atoms with Gasteiger partial charge in [0, 0.05) is 61.6 Å². The fraction of sp³-hybridized carbons (Fsp3) is 0.238. The van der Waals surface area contributed by atoms with Gasteiger partial charge in [0.25, 0.3) is 5.78 Å². The number of carbonyl (C=O) groups excluding carboxylic acids is 3. The number of carboxylic acids is 1. The van der Waals surface area contributed by atoms with Crippen LogP contribution in [-0.4, -0.2) is 61.9 Å². The highest BCUT2D eigenvalue weighted by Gasteiger charge is 2.26. The predicted molar refractivity (Wildman–Crippen MR) is 200 cm³/mol. The maximum atomic E-state index is 11.7. The molecule has 0 fully saturated rings. The van der Waals surface area contributed by atoms with E-state index in [2.05, 4.69) is 49.0 Å². The summed E-state index contributed by atoms with van der Waals surface area (Å²) in [6.45, 7) is 4.13. The number of carbonyl (C=O) groups is 4. The van der Waals surface area contributed by atoms with Crippen LogP contribution in [0.2, 0.25) is 0 Å². The molecule has 0 atom stereocenters. The lowest BCUT2D eigenvalue weighted by molar-refractivity contribution is -0.150. The van der Waals surface area contributed by atoms with Crippen molar-refractivity contribution in [2.75, 3.05) is 13.2 Å². The van der Waals surface area contributed by atoms with Crippen LogP contribution in [0.5, 0.6) is 0 Å². The number of hydrogen-bond acceptors (Lipinski definition) is 10.